The van der Waals surface area contributed by atoms with Crippen molar-refractivity contribution in [3.63, 3.8) is 0 Å². The molecule has 0 heteroatoms. The fourth-order valence-corrected chi connectivity index (χ4v) is 1.31. The van der Waals surface area contributed by atoms with E-state index in [0.717, 1.165) is 0 Å². The van der Waals surface area contributed by atoms with Crippen LogP contribution in [0.4, 0.5) is 0 Å². The third kappa shape index (κ3) is 1.10. The molecule has 0 heterocycles. The van der Waals surface area contributed by atoms with E-state index in [2.05, 4.69) is 50.0 Å². The van der Waals surface area contributed by atoms with Crippen LogP contribution in [0.5, 0.6) is 0 Å². The van der Waals surface area contributed by atoms with Gasteiger partial charge in [-0.15, -0.1) is 5.73 Å². The van der Waals surface area contributed by atoms with Gasteiger partial charge in [0.05, 0.1) is 0 Å². The van der Waals surface area contributed by atoms with Gasteiger partial charge in [0, 0.05) is 11.3 Å². The zero-order chi connectivity index (χ0) is 7.90. The molecule has 0 radical (unpaired) electrons. The van der Waals surface area contributed by atoms with Crippen LogP contribution in [0.2, 0.25) is 0 Å². The summed E-state index contributed by atoms with van der Waals surface area (Å²) in [5.74, 6) is 0.547. The Morgan fingerprint density at radius 3 is 2.64 bits per heavy atom. The normalized spacial score (nSPS) is 30.4. The molecular formula is C11H12. The van der Waals surface area contributed by atoms with Crippen molar-refractivity contribution in [2.24, 2.45) is 11.3 Å². The number of rotatable bonds is 1. The van der Waals surface area contributed by atoms with Crippen molar-refractivity contribution in [3.05, 3.63) is 41.7 Å². The van der Waals surface area contributed by atoms with Crippen LogP contribution in [0, 0.1) is 11.3 Å². The molecule has 0 saturated heterocycles. The van der Waals surface area contributed by atoms with Crippen LogP contribution in [0.3, 0.4) is 0 Å². The molecular weight excluding hydrogens is 132 g/mol. The van der Waals surface area contributed by atoms with E-state index in [1.807, 2.05) is 0 Å². The fraction of sp³-hybridized carbons (Fsp3) is 0.364. The van der Waals surface area contributed by atoms with Crippen LogP contribution in [0.25, 0.3) is 0 Å². The minimum atomic E-state index is 0.338. The van der Waals surface area contributed by atoms with Gasteiger partial charge in [-0.05, 0) is 18.6 Å². The summed E-state index contributed by atoms with van der Waals surface area (Å²) in [7, 11) is 0. The smallest absolute Gasteiger partial charge is 0.0149 e. The van der Waals surface area contributed by atoms with Crippen molar-refractivity contribution in [2.45, 2.75) is 13.8 Å². The Hall–Kier alpha value is -1.00. The lowest BCUT2D eigenvalue weighted by atomic mass is 9.86. The molecule has 0 amide bonds. The molecule has 1 unspecified atom stereocenters. The Morgan fingerprint density at radius 1 is 1.45 bits per heavy atom. The summed E-state index contributed by atoms with van der Waals surface area (Å²) in [5.41, 5.74) is 4.81. The van der Waals surface area contributed by atoms with E-state index < -0.39 is 0 Å². The molecule has 56 valence electrons. The summed E-state index contributed by atoms with van der Waals surface area (Å²) in [6.07, 6.45) is 11.1. The van der Waals surface area contributed by atoms with Crippen molar-refractivity contribution in [3.8, 4) is 0 Å². The predicted molar refractivity (Wildman–Crippen MR) is 47.1 cm³/mol. The zero-order valence-electron chi connectivity index (χ0n) is 6.96. The first-order valence-electron chi connectivity index (χ1n) is 4.03. The van der Waals surface area contributed by atoms with Crippen molar-refractivity contribution < 1.29 is 0 Å². The first kappa shape index (κ1) is 6.69. The van der Waals surface area contributed by atoms with Crippen LogP contribution >= 0.6 is 0 Å². The first-order chi connectivity index (χ1) is 5.21. The first-order valence-corrected chi connectivity index (χ1v) is 4.03. The Bertz CT molecular complexity index is 290. The minimum absolute atomic E-state index is 0.338. The van der Waals surface area contributed by atoms with Crippen molar-refractivity contribution in [2.75, 3.05) is 0 Å². The van der Waals surface area contributed by atoms with Gasteiger partial charge in [0.25, 0.3) is 0 Å². The van der Waals surface area contributed by atoms with Crippen molar-refractivity contribution in [1.29, 1.82) is 0 Å². The van der Waals surface area contributed by atoms with Crippen LogP contribution in [0.1, 0.15) is 13.8 Å². The summed E-state index contributed by atoms with van der Waals surface area (Å²) < 4.78 is 0. The average molecular weight is 144 g/mol. The molecule has 2 aliphatic rings. The second kappa shape index (κ2) is 1.99. The van der Waals surface area contributed by atoms with Gasteiger partial charge in [0.1, 0.15) is 0 Å². The van der Waals surface area contributed by atoms with Gasteiger partial charge < -0.3 is 0 Å². The summed E-state index contributed by atoms with van der Waals surface area (Å²) in [4.78, 5) is 0. The van der Waals surface area contributed by atoms with Crippen LogP contribution < -0.4 is 0 Å². The molecule has 0 nitrogen and oxygen atoms in total. The second-order valence-corrected chi connectivity index (χ2v) is 3.58. The SMILES string of the molecule is CC1=C=CC(C2(C)C=C2)C=C1. The topological polar surface area (TPSA) is 0 Å². The van der Waals surface area contributed by atoms with E-state index in [9.17, 15) is 0 Å². The van der Waals surface area contributed by atoms with Crippen LogP contribution in [-0.4, -0.2) is 0 Å². The van der Waals surface area contributed by atoms with Gasteiger partial charge >= 0.3 is 0 Å². The van der Waals surface area contributed by atoms with Gasteiger partial charge in [0.15, 0.2) is 0 Å². The van der Waals surface area contributed by atoms with Crippen molar-refractivity contribution >= 4 is 0 Å². The van der Waals surface area contributed by atoms with E-state index in [1.54, 1.807) is 0 Å². The maximum Gasteiger partial charge on any atom is 0.0149 e. The van der Waals surface area contributed by atoms with Gasteiger partial charge in [-0.1, -0.05) is 31.2 Å². The van der Waals surface area contributed by atoms with Gasteiger partial charge in [-0.3, -0.25) is 0 Å². The van der Waals surface area contributed by atoms with Gasteiger partial charge in [-0.25, -0.2) is 0 Å². The summed E-state index contributed by atoms with van der Waals surface area (Å²) in [5, 5.41) is 0. The van der Waals surface area contributed by atoms with E-state index in [0.29, 0.717) is 11.3 Å². The Labute approximate surface area is 67.6 Å². The predicted octanol–water partition coefficient (Wildman–Crippen LogP) is 2.85. The number of allylic oxidation sites excluding steroid dienone is 5. The lowest BCUT2D eigenvalue weighted by molar-refractivity contribution is 0.535. The summed E-state index contributed by atoms with van der Waals surface area (Å²) >= 11 is 0. The minimum Gasteiger partial charge on any atom is -0.121 e. The van der Waals surface area contributed by atoms with E-state index >= 15 is 0 Å². The molecule has 0 N–H and O–H groups in total. The molecule has 0 bridgehead atoms. The van der Waals surface area contributed by atoms with Gasteiger partial charge in [-0.2, -0.15) is 0 Å². The maximum absolute atomic E-state index is 3.24. The monoisotopic (exact) mass is 144 g/mol. The van der Waals surface area contributed by atoms with Crippen LogP contribution in [-0.2, 0) is 0 Å². The molecule has 0 aromatic rings. The third-order valence-corrected chi connectivity index (χ3v) is 2.45. The van der Waals surface area contributed by atoms with E-state index in [1.165, 1.54) is 5.57 Å². The molecule has 0 aromatic carbocycles. The second-order valence-electron chi connectivity index (χ2n) is 3.58. The zero-order valence-corrected chi connectivity index (χ0v) is 6.96. The highest BCUT2D eigenvalue weighted by Crippen LogP contribution is 2.43. The number of hydrogen-bond acceptors (Lipinski definition) is 0. The van der Waals surface area contributed by atoms with E-state index in [4.69, 9.17) is 0 Å². The fourth-order valence-electron chi connectivity index (χ4n) is 1.31. The molecule has 0 aromatic heterocycles. The van der Waals surface area contributed by atoms with Gasteiger partial charge in [0.2, 0.25) is 0 Å². The molecule has 11 heavy (non-hydrogen) atoms. The Balaban J connectivity index is 2.22. The Kier molecular flexibility index (Phi) is 1.21. The highest BCUT2D eigenvalue weighted by atomic mass is 14.4. The summed E-state index contributed by atoms with van der Waals surface area (Å²) in [6, 6.07) is 0. The summed E-state index contributed by atoms with van der Waals surface area (Å²) in [6.45, 7) is 4.33. The maximum atomic E-state index is 3.24. The molecule has 0 fully saturated rings. The average Bonchev–Trinajstić information content (AvgIpc) is 2.70. The third-order valence-electron chi connectivity index (χ3n) is 2.45. The molecule has 0 saturated carbocycles. The molecule has 0 aliphatic heterocycles. The highest BCUT2D eigenvalue weighted by molar-refractivity contribution is 5.35. The molecule has 0 spiro atoms. The lowest BCUT2D eigenvalue weighted by Crippen LogP contribution is -2.09. The number of hydrogen-bond donors (Lipinski definition) is 0. The quantitative estimate of drug-likeness (QED) is 0.392. The highest BCUT2D eigenvalue weighted by Gasteiger charge is 2.34. The molecule has 2 aliphatic carbocycles. The standard InChI is InChI=1S/C11H12/c1-9-3-5-10(6-4-9)11(2)7-8-11/h3,5-8,10H,1-2H3. The Morgan fingerprint density at radius 2 is 2.18 bits per heavy atom. The van der Waals surface area contributed by atoms with Crippen molar-refractivity contribution in [1.82, 2.24) is 0 Å². The lowest BCUT2D eigenvalue weighted by Gasteiger charge is -2.17. The van der Waals surface area contributed by atoms with Crippen LogP contribution in [0.15, 0.2) is 41.7 Å². The molecule has 2 rings (SSSR count). The molecule has 1 atom stereocenters. The largest absolute Gasteiger partial charge is 0.121 e. The van der Waals surface area contributed by atoms with E-state index in [-0.39, 0.29) is 0 Å².